The smallest absolute Gasteiger partial charge is 0.165 e. The molecule has 1 N–H and O–H groups in total. The number of hydrogen-bond donors (Lipinski definition) is 1. The Balaban J connectivity index is 2.80. The minimum Gasteiger partial charge on any atom is -0.385 e. The van der Waals surface area contributed by atoms with E-state index in [2.05, 4.69) is 0 Å². The molecule has 0 aliphatic heterocycles. The molecule has 0 spiro atoms. The molecule has 0 amide bonds. The maximum Gasteiger partial charge on any atom is 0.165 e. The van der Waals surface area contributed by atoms with Crippen LogP contribution in [0.2, 0.25) is 10.0 Å². The van der Waals surface area contributed by atoms with Crippen molar-refractivity contribution < 1.29 is 9.90 Å². The Labute approximate surface area is 98.8 Å². The van der Waals surface area contributed by atoms with Gasteiger partial charge in [-0.3, -0.25) is 4.79 Å². The molecule has 15 heavy (non-hydrogen) atoms. The van der Waals surface area contributed by atoms with Gasteiger partial charge < -0.3 is 5.11 Å². The molecule has 0 aliphatic rings. The lowest BCUT2D eigenvalue weighted by atomic mass is 10.0. The van der Waals surface area contributed by atoms with Crippen molar-refractivity contribution in [1.82, 2.24) is 0 Å². The van der Waals surface area contributed by atoms with Gasteiger partial charge in [0.1, 0.15) is 6.10 Å². The van der Waals surface area contributed by atoms with E-state index < -0.39 is 6.10 Å². The van der Waals surface area contributed by atoms with E-state index in [1.54, 1.807) is 25.1 Å². The molecule has 1 aromatic carbocycles. The lowest BCUT2D eigenvalue weighted by Gasteiger charge is -2.08. The number of aliphatic hydroxyl groups excluding tert-OH is 1. The lowest BCUT2D eigenvalue weighted by molar-refractivity contribution is -0.126. The second-order valence-electron chi connectivity index (χ2n) is 3.30. The zero-order chi connectivity index (χ0) is 11.4. The van der Waals surface area contributed by atoms with E-state index >= 15 is 0 Å². The van der Waals surface area contributed by atoms with Crippen LogP contribution >= 0.6 is 23.2 Å². The Kier molecular flexibility index (Phi) is 4.58. The highest BCUT2D eigenvalue weighted by molar-refractivity contribution is 6.33. The number of Topliss-reactive ketones (excluding diaryl/α,β-unsaturated/α-hetero) is 1. The summed E-state index contributed by atoms with van der Waals surface area (Å²) in [5.41, 5.74) is 0.654. The standard InChI is InChI=1S/C11H12Cl2O2/c1-2-10(14)11(15)6-7-5-8(12)3-4-9(7)13/h3-5,10,14H,2,6H2,1H3. The van der Waals surface area contributed by atoms with Crippen LogP contribution in [0, 0.1) is 0 Å². The zero-order valence-electron chi connectivity index (χ0n) is 8.34. The highest BCUT2D eigenvalue weighted by atomic mass is 35.5. The summed E-state index contributed by atoms with van der Waals surface area (Å²) in [6.07, 6.45) is -0.383. The number of carbonyl (C=O) groups excluding carboxylic acids is 1. The summed E-state index contributed by atoms with van der Waals surface area (Å²) < 4.78 is 0. The van der Waals surface area contributed by atoms with E-state index in [0.29, 0.717) is 22.0 Å². The Morgan fingerprint density at radius 1 is 1.47 bits per heavy atom. The van der Waals surface area contributed by atoms with Gasteiger partial charge in [-0.15, -0.1) is 0 Å². The third-order valence-corrected chi connectivity index (χ3v) is 2.73. The van der Waals surface area contributed by atoms with Crippen LogP contribution in [0.5, 0.6) is 0 Å². The van der Waals surface area contributed by atoms with Gasteiger partial charge in [0, 0.05) is 16.5 Å². The van der Waals surface area contributed by atoms with Crippen LogP contribution in [-0.4, -0.2) is 17.0 Å². The van der Waals surface area contributed by atoms with E-state index in [9.17, 15) is 9.90 Å². The zero-order valence-corrected chi connectivity index (χ0v) is 9.85. The molecular weight excluding hydrogens is 235 g/mol. The van der Waals surface area contributed by atoms with Crippen LogP contribution in [-0.2, 0) is 11.2 Å². The van der Waals surface area contributed by atoms with Crippen LogP contribution in [0.4, 0.5) is 0 Å². The average Bonchev–Trinajstić information content (AvgIpc) is 2.22. The number of carbonyl (C=O) groups is 1. The first kappa shape index (κ1) is 12.5. The second kappa shape index (κ2) is 5.50. The van der Waals surface area contributed by atoms with Gasteiger partial charge in [0.2, 0.25) is 0 Å². The van der Waals surface area contributed by atoms with Crippen molar-refractivity contribution in [3.8, 4) is 0 Å². The summed E-state index contributed by atoms with van der Waals surface area (Å²) in [4.78, 5) is 11.5. The lowest BCUT2D eigenvalue weighted by Crippen LogP contribution is -2.21. The topological polar surface area (TPSA) is 37.3 Å². The van der Waals surface area contributed by atoms with E-state index in [1.807, 2.05) is 0 Å². The summed E-state index contributed by atoms with van der Waals surface area (Å²) in [7, 11) is 0. The summed E-state index contributed by atoms with van der Waals surface area (Å²) >= 11 is 11.7. The fourth-order valence-corrected chi connectivity index (χ4v) is 1.59. The fourth-order valence-electron chi connectivity index (χ4n) is 1.21. The third-order valence-electron chi connectivity index (χ3n) is 2.13. The van der Waals surface area contributed by atoms with E-state index in [4.69, 9.17) is 23.2 Å². The minimum atomic E-state index is -0.917. The van der Waals surface area contributed by atoms with Gasteiger partial charge in [0.25, 0.3) is 0 Å². The van der Waals surface area contributed by atoms with Gasteiger partial charge in [-0.1, -0.05) is 30.1 Å². The highest BCUT2D eigenvalue weighted by Gasteiger charge is 2.14. The molecule has 4 heteroatoms. The maximum atomic E-state index is 11.5. The molecule has 0 bridgehead atoms. The Bertz CT molecular complexity index is 364. The van der Waals surface area contributed by atoms with E-state index in [-0.39, 0.29) is 12.2 Å². The number of hydrogen-bond acceptors (Lipinski definition) is 2. The molecule has 0 saturated heterocycles. The van der Waals surface area contributed by atoms with Crippen LogP contribution in [0.1, 0.15) is 18.9 Å². The molecule has 0 fully saturated rings. The molecule has 0 aromatic heterocycles. The molecule has 0 heterocycles. The van der Waals surface area contributed by atoms with Crippen LogP contribution in [0.15, 0.2) is 18.2 Å². The van der Waals surface area contributed by atoms with Crippen molar-refractivity contribution in [2.75, 3.05) is 0 Å². The van der Waals surface area contributed by atoms with E-state index in [1.165, 1.54) is 0 Å². The van der Waals surface area contributed by atoms with Crippen LogP contribution in [0.25, 0.3) is 0 Å². The molecule has 82 valence electrons. The monoisotopic (exact) mass is 246 g/mol. The number of aliphatic hydroxyl groups is 1. The predicted molar refractivity (Wildman–Crippen MR) is 61.5 cm³/mol. The Morgan fingerprint density at radius 2 is 2.13 bits per heavy atom. The molecule has 1 atom stereocenters. The minimum absolute atomic E-state index is 0.119. The molecule has 0 radical (unpaired) electrons. The van der Waals surface area contributed by atoms with Crippen molar-refractivity contribution in [3.63, 3.8) is 0 Å². The first-order valence-corrected chi connectivity index (χ1v) is 5.45. The number of halogens is 2. The molecule has 2 nitrogen and oxygen atoms in total. The summed E-state index contributed by atoms with van der Waals surface area (Å²) in [5.74, 6) is -0.235. The Morgan fingerprint density at radius 3 is 2.73 bits per heavy atom. The summed E-state index contributed by atoms with van der Waals surface area (Å²) in [6, 6.07) is 4.95. The molecule has 0 aliphatic carbocycles. The van der Waals surface area contributed by atoms with Crippen molar-refractivity contribution in [1.29, 1.82) is 0 Å². The second-order valence-corrected chi connectivity index (χ2v) is 4.15. The van der Waals surface area contributed by atoms with Crippen molar-refractivity contribution in [2.45, 2.75) is 25.9 Å². The van der Waals surface area contributed by atoms with E-state index in [0.717, 1.165) is 0 Å². The third kappa shape index (κ3) is 3.49. The van der Waals surface area contributed by atoms with Gasteiger partial charge >= 0.3 is 0 Å². The fraction of sp³-hybridized carbons (Fsp3) is 0.364. The normalized spacial score (nSPS) is 12.5. The van der Waals surface area contributed by atoms with Gasteiger partial charge in [-0.05, 0) is 30.2 Å². The van der Waals surface area contributed by atoms with Crippen molar-refractivity contribution >= 4 is 29.0 Å². The van der Waals surface area contributed by atoms with Crippen molar-refractivity contribution in [2.24, 2.45) is 0 Å². The van der Waals surface area contributed by atoms with Crippen molar-refractivity contribution in [3.05, 3.63) is 33.8 Å². The highest BCUT2D eigenvalue weighted by Crippen LogP contribution is 2.21. The summed E-state index contributed by atoms with van der Waals surface area (Å²) in [5, 5.41) is 10.4. The van der Waals surface area contributed by atoms with Crippen LogP contribution < -0.4 is 0 Å². The van der Waals surface area contributed by atoms with Crippen LogP contribution in [0.3, 0.4) is 0 Å². The summed E-state index contributed by atoms with van der Waals surface area (Å²) in [6.45, 7) is 1.75. The van der Waals surface area contributed by atoms with Gasteiger partial charge in [0.05, 0.1) is 0 Å². The molecule has 1 unspecified atom stereocenters. The molecule has 0 saturated carbocycles. The largest absolute Gasteiger partial charge is 0.385 e. The number of benzene rings is 1. The van der Waals surface area contributed by atoms with Gasteiger partial charge in [-0.2, -0.15) is 0 Å². The predicted octanol–water partition coefficient (Wildman–Crippen LogP) is 2.88. The number of rotatable bonds is 4. The molecular formula is C11H12Cl2O2. The first-order chi connectivity index (χ1) is 7.04. The average molecular weight is 247 g/mol. The first-order valence-electron chi connectivity index (χ1n) is 4.69. The van der Waals surface area contributed by atoms with Gasteiger partial charge in [-0.25, -0.2) is 0 Å². The molecule has 1 aromatic rings. The quantitative estimate of drug-likeness (QED) is 0.888. The molecule has 1 rings (SSSR count). The Hall–Kier alpha value is -0.570. The number of ketones is 1. The maximum absolute atomic E-state index is 11.5. The van der Waals surface area contributed by atoms with Gasteiger partial charge in [0.15, 0.2) is 5.78 Å². The SMILES string of the molecule is CCC(O)C(=O)Cc1cc(Cl)ccc1Cl.